The van der Waals surface area contributed by atoms with Gasteiger partial charge in [-0.05, 0) is 30.7 Å². The zero-order valence-electron chi connectivity index (χ0n) is 12.3. The number of pyridine rings is 2. The second-order valence-electron chi connectivity index (χ2n) is 4.98. The molecule has 0 aliphatic rings. The molecule has 0 aliphatic heterocycles. The van der Waals surface area contributed by atoms with Gasteiger partial charge in [0.2, 0.25) is 0 Å². The Bertz CT molecular complexity index is 957. The Labute approximate surface area is 126 Å². The molecule has 0 N–H and O–H groups in total. The predicted molar refractivity (Wildman–Crippen MR) is 82.6 cm³/mol. The van der Waals surface area contributed by atoms with Crippen LogP contribution in [0.4, 0.5) is 0 Å². The van der Waals surface area contributed by atoms with Crippen molar-refractivity contribution in [2.45, 2.75) is 13.5 Å². The molecule has 3 aromatic rings. The highest BCUT2D eigenvalue weighted by molar-refractivity contribution is 5.46. The van der Waals surface area contributed by atoms with Gasteiger partial charge in [0.1, 0.15) is 5.65 Å². The summed E-state index contributed by atoms with van der Waals surface area (Å²) in [4.78, 5) is 28.8. The fourth-order valence-electron chi connectivity index (χ4n) is 2.36. The van der Waals surface area contributed by atoms with Crippen LogP contribution in [-0.4, -0.2) is 21.1 Å². The molecule has 0 spiro atoms. The second kappa shape index (κ2) is 5.48. The van der Waals surface area contributed by atoms with E-state index in [1.54, 1.807) is 30.6 Å². The van der Waals surface area contributed by atoms with Crippen LogP contribution < -0.4 is 15.9 Å². The van der Waals surface area contributed by atoms with Crippen LogP contribution in [0, 0.1) is 6.92 Å². The molecule has 3 heterocycles. The number of nitrogens with zero attached hydrogens (tertiary/aromatic N) is 3. The number of methoxy groups -OCH3 is 1. The minimum atomic E-state index is -0.253. The van der Waals surface area contributed by atoms with Gasteiger partial charge in [0, 0.05) is 18.5 Å². The van der Waals surface area contributed by atoms with Crippen LogP contribution in [0.15, 0.2) is 52.3 Å². The van der Waals surface area contributed by atoms with E-state index in [2.05, 4.69) is 4.98 Å². The Morgan fingerprint density at radius 1 is 1.18 bits per heavy atom. The van der Waals surface area contributed by atoms with Gasteiger partial charge in [0.25, 0.3) is 11.1 Å². The fourth-order valence-corrected chi connectivity index (χ4v) is 2.36. The van der Waals surface area contributed by atoms with Gasteiger partial charge in [0.15, 0.2) is 5.75 Å². The fraction of sp³-hybridized carbons (Fsp3) is 0.188. The molecule has 0 aromatic carbocycles. The van der Waals surface area contributed by atoms with E-state index < -0.39 is 0 Å². The number of hydrogen-bond acceptors (Lipinski definition) is 4. The van der Waals surface area contributed by atoms with E-state index >= 15 is 0 Å². The molecule has 0 radical (unpaired) electrons. The molecule has 0 bridgehead atoms. The second-order valence-corrected chi connectivity index (χ2v) is 4.98. The summed E-state index contributed by atoms with van der Waals surface area (Å²) in [5.41, 5.74) is 1.62. The number of fused-ring (bicyclic) bond motifs is 1. The lowest BCUT2D eigenvalue weighted by Crippen LogP contribution is -2.23. The van der Waals surface area contributed by atoms with Crippen molar-refractivity contribution in [1.29, 1.82) is 0 Å². The SMILES string of the molecule is COc1cccn(Cc2cc(=O)n3cccc(C)c3n2)c1=O. The minimum Gasteiger partial charge on any atom is -0.491 e. The van der Waals surface area contributed by atoms with Gasteiger partial charge in [-0.25, -0.2) is 4.98 Å². The van der Waals surface area contributed by atoms with E-state index in [9.17, 15) is 9.59 Å². The lowest BCUT2D eigenvalue weighted by Gasteiger charge is -2.09. The number of hydrogen-bond donors (Lipinski definition) is 0. The van der Waals surface area contributed by atoms with Crippen molar-refractivity contribution >= 4 is 5.65 Å². The van der Waals surface area contributed by atoms with Crippen molar-refractivity contribution in [3.63, 3.8) is 0 Å². The van der Waals surface area contributed by atoms with E-state index in [1.807, 2.05) is 13.0 Å². The number of aryl methyl sites for hydroxylation is 1. The van der Waals surface area contributed by atoms with Crippen LogP contribution in [0.1, 0.15) is 11.3 Å². The molecule has 0 saturated heterocycles. The molecule has 0 saturated carbocycles. The highest BCUT2D eigenvalue weighted by atomic mass is 16.5. The van der Waals surface area contributed by atoms with Crippen LogP contribution in [0.25, 0.3) is 5.65 Å². The van der Waals surface area contributed by atoms with Gasteiger partial charge in [0.05, 0.1) is 19.3 Å². The van der Waals surface area contributed by atoms with Crippen molar-refractivity contribution in [3.05, 3.63) is 74.7 Å². The first kappa shape index (κ1) is 14.1. The number of rotatable bonds is 3. The summed E-state index contributed by atoms with van der Waals surface area (Å²) in [5, 5.41) is 0. The lowest BCUT2D eigenvalue weighted by molar-refractivity contribution is 0.403. The Hall–Kier alpha value is -2.89. The molecule has 0 unspecified atom stereocenters. The summed E-state index contributed by atoms with van der Waals surface area (Å²) < 4.78 is 7.98. The molecule has 3 aromatic heterocycles. The lowest BCUT2D eigenvalue weighted by atomic mass is 10.3. The highest BCUT2D eigenvalue weighted by Crippen LogP contribution is 2.07. The minimum absolute atomic E-state index is 0.167. The molecular formula is C16H15N3O3. The third-order valence-corrected chi connectivity index (χ3v) is 3.48. The quantitative estimate of drug-likeness (QED) is 0.729. The molecule has 3 rings (SSSR count). The van der Waals surface area contributed by atoms with Gasteiger partial charge < -0.3 is 9.30 Å². The Morgan fingerprint density at radius 3 is 2.73 bits per heavy atom. The normalized spacial score (nSPS) is 10.8. The summed E-state index contributed by atoms with van der Waals surface area (Å²) in [6, 6.07) is 8.46. The van der Waals surface area contributed by atoms with Gasteiger partial charge in [-0.15, -0.1) is 0 Å². The van der Waals surface area contributed by atoms with Crippen LogP contribution in [0.5, 0.6) is 5.75 Å². The maximum Gasteiger partial charge on any atom is 0.293 e. The van der Waals surface area contributed by atoms with E-state index in [-0.39, 0.29) is 23.4 Å². The van der Waals surface area contributed by atoms with Gasteiger partial charge >= 0.3 is 0 Å². The Kier molecular flexibility index (Phi) is 3.50. The Morgan fingerprint density at radius 2 is 1.95 bits per heavy atom. The van der Waals surface area contributed by atoms with E-state index in [0.717, 1.165) is 5.56 Å². The molecular weight excluding hydrogens is 282 g/mol. The average Bonchev–Trinajstić information content (AvgIpc) is 2.51. The number of ether oxygens (including phenoxy) is 1. The highest BCUT2D eigenvalue weighted by Gasteiger charge is 2.08. The van der Waals surface area contributed by atoms with Crippen LogP contribution in [0.3, 0.4) is 0 Å². The standard InChI is InChI=1S/C16H15N3O3/c1-11-5-3-8-19-14(20)9-12(17-15(11)19)10-18-7-4-6-13(22-2)16(18)21/h3-9H,10H2,1-2H3. The summed E-state index contributed by atoms with van der Waals surface area (Å²) in [6.07, 6.45) is 3.32. The van der Waals surface area contributed by atoms with Gasteiger partial charge in [-0.1, -0.05) is 6.07 Å². The van der Waals surface area contributed by atoms with Crippen molar-refractivity contribution < 1.29 is 4.74 Å². The third kappa shape index (κ3) is 2.39. The molecule has 0 amide bonds. The molecule has 22 heavy (non-hydrogen) atoms. The molecule has 0 atom stereocenters. The van der Waals surface area contributed by atoms with E-state index in [1.165, 1.54) is 22.1 Å². The molecule has 0 fully saturated rings. The van der Waals surface area contributed by atoms with E-state index in [0.29, 0.717) is 11.3 Å². The van der Waals surface area contributed by atoms with Gasteiger partial charge in [-0.2, -0.15) is 0 Å². The molecule has 112 valence electrons. The van der Waals surface area contributed by atoms with Crippen molar-refractivity contribution in [1.82, 2.24) is 14.0 Å². The monoisotopic (exact) mass is 297 g/mol. The zero-order valence-corrected chi connectivity index (χ0v) is 12.3. The summed E-state index contributed by atoms with van der Waals surface area (Å²) in [7, 11) is 1.45. The zero-order chi connectivity index (χ0) is 15.7. The first-order valence-corrected chi connectivity index (χ1v) is 6.81. The first-order valence-electron chi connectivity index (χ1n) is 6.81. The third-order valence-electron chi connectivity index (χ3n) is 3.48. The van der Waals surface area contributed by atoms with Gasteiger partial charge in [-0.3, -0.25) is 14.0 Å². The van der Waals surface area contributed by atoms with Crippen LogP contribution in [-0.2, 0) is 6.54 Å². The van der Waals surface area contributed by atoms with Crippen molar-refractivity contribution in [3.8, 4) is 5.75 Å². The van der Waals surface area contributed by atoms with E-state index in [4.69, 9.17) is 4.74 Å². The summed E-state index contributed by atoms with van der Waals surface area (Å²) in [5.74, 6) is 0.260. The molecule has 0 aliphatic carbocycles. The molecule has 6 nitrogen and oxygen atoms in total. The maximum absolute atomic E-state index is 12.2. The van der Waals surface area contributed by atoms with Crippen LogP contribution in [0.2, 0.25) is 0 Å². The predicted octanol–water partition coefficient (Wildman–Crippen LogP) is 1.22. The summed E-state index contributed by atoms with van der Waals surface area (Å²) in [6.45, 7) is 2.11. The smallest absolute Gasteiger partial charge is 0.293 e. The van der Waals surface area contributed by atoms with Crippen molar-refractivity contribution in [2.24, 2.45) is 0 Å². The largest absolute Gasteiger partial charge is 0.491 e. The van der Waals surface area contributed by atoms with Crippen molar-refractivity contribution in [2.75, 3.05) is 7.11 Å². The topological polar surface area (TPSA) is 65.6 Å². The number of aromatic nitrogens is 3. The maximum atomic E-state index is 12.2. The van der Waals surface area contributed by atoms with Crippen LogP contribution >= 0.6 is 0 Å². The summed E-state index contributed by atoms with van der Waals surface area (Å²) >= 11 is 0. The first-order chi connectivity index (χ1) is 10.6. The Balaban J connectivity index is 2.11. The average molecular weight is 297 g/mol. The molecule has 6 heteroatoms.